The van der Waals surface area contributed by atoms with Crippen LogP contribution in [0, 0.1) is 17.8 Å². The Kier molecular flexibility index (Phi) is 2.10. The van der Waals surface area contributed by atoms with Crippen LogP contribution in [0.2, 0.25) is 0 Å². The average Bonchev–Trinajstić information content (AvgIpc) is 1.95. The number of rotatable bonds is 1. The fourth-order valence-electron chi connectivity index (χ4n) is 2.33. The van der Waals surface area contributed by atoms with Gasteiger partial charge in [-0.25, -0.2) is 0 Å². The molecule has 2 amide bonds. The van der Waals surface area contributed by atoms with Gasteiger partial charge in [0.1, 0.15) is 0 Å². The molecule has 1 saturated heterocycles. The number of carbonyl (C=O) groups is 2. The normalized spacial score (nSPS) is 35.5. The van der Waals surface area contributed by atoms with Gasteiger partial charge in [0.15, 0.2) is 0 Å². The first-order valence-electron chi connectivity index (χ1n) is 5.02. The van der Waals surface area contributed by atoms with Crippen LogP contribution in [-0.4, -0.2) is 11.8 Å². The molecule has 1 aliphatic carbocycles. The van der Waals surface area contributed by atoms with Gasteiger partial charge in [0.2, 0.25) is 11.8 Å². The second kappa shape index (κ2) is 3.13. The van der Waals surface area contributed by atoms with Crippen molar-refractivity contribution in [1.82, 2.24) is 5.32 Å². The van der Waals surface area contributed by atoms with E-state index in [-0.39, 0.29) is 17.7 Å². The van der Waals surface area contributed by atoms with E-state index in [0.29, 0.717) is 18.3 Å². The van der Waals surface area contributed by atoms with Crippen LogP contribution >= 0.6 is 0 Å². The quantitative estimate of drug-likeness (QED) is 0.615. The van der Waals surface area contributed by atoms with E-state index < -0.39 is 0 Å². The molecule has 1 heterocycles. The molecule has 1 aliphatic heterocycles. The summed E-state index contributed by atoms with van der Waals surface area (Å²) < 4.78 is 0. The van der Waals surface area contributed by atoms with E-state index in [0.717, 1.165) is 0 Å². The number of imide groups is 1. The van der Waals surface area contributed by atoms with E-state index in [1.807, 2.05) is 6.92 Å². The Labute approximate surface area is 77.9 Å². The summed E-state index contributed by atoms with van der Waals surface area (Å²) in [4.78, 5) is 22.5. The average molecular weight is 181 g/mol. The van der Waals surface area contributed by atoms with Crippen molar-refractivity contribution >= 4 is 11.8 Å². The zero-order valence-electron chi connectivity index (χ0n) is 7.88. The first kappa shape index (κ1) is 8.73. The summed E-state index contributed by atoms with van der Waals surface area (Å²) in [5.74, 6) is 0.816. The van der Waals surface area contributed by atoms with Crippen molar-refractivity contribution in [3.8, 4) is 0 Å². The lowest BCUT2D eigenvalue weighted by molar-refractivity contribution is -0.140. The Balaban J connectivity index is 2.06. The van der Waals surface area contributed by atoms with Crippen LogP contribution in [0.4, 0.5) is 0 Å². The lowest BCUT2D eigenvalue weighted by Crippen LogP contribution is -2.47. The molecular weight excluding hydrogens is 166 g/mol. The molecule has 1 saturated carbocycles. The summed E-state index contributed by atoms with van der Waals surface area (Å²) in [6, 6.07) is 0. The highest BCUT2D eigenvalue weighted by atomic mass is 16.2. The molecule has 0 aromatic carbocycles. The molecule has 2 aliphatic rings. The van der Waals surface area contributed by atoms with E-state index in [2.05, 4.69) is 5.32 Å². The molecule has 1 N–H and O–H groups in total. The van der Waals surface area contributed by atoms with Gasteiger partial charge in [0, 0.05) is 12.3 Å². The minimum atomic E-state index is -0.0833. The van der Waals surface area contributed by atoms with Gasteiger partial charge in [-0.15, -0.1) is 0 Å². The molecule has 13 heavy (non-hydrogen) atoms. The Bertz CT molecular complexity index is 245. The van der Waals surface area contributed by atoms with E-state index in [9.17, 15) is 9.59 Å². The summed E-state index contributed by atoms with van der Waals surface area (Å²) in [6.07, 6.45) is 4.23. The summed E-state index contributed by atoms with van der Waals surface area (Å²) in [5, 5.41) is 2.38. The molecule has 2 unspecified atom stereocenters. The van der Waals surface area contributed by atoms with E-state index >= 15 is 0 Å². The molecular formula is C10H15NO2. The van der Waals surface area contributed by atoms with Gasteiger partial charge < -0.3 is 0 Å². The second-order valence-electron chi connectivity index (χ2n) is 4.26. The monoisotopic (exact) mass is 181 g/mol. The number of carbonyl (C=O) groups excluding carboxylic acids is 2. The van der Waals surface area contributed by atoms with Crippen LogP contribution in [0.25, 0.3) is 0 Å². The van der Waals surface area contributed by atoms with Crippen molar-refractivity contribution in [2.24, 2.45) is 17.8 Å². The fourth-order valence-corrected chi connectivity index (χ4v) is 2.33. The van der Waals surface area contributed by atoms with Crippen LogP contribution in [0.15, 0.2) is 0 Å². The fraction of sp³-hybridized carbons (Fsp3) is 0.800. The van der Waals surface area contributed by atoms with Crippen LogP contribution < -0.4 is 5.32 Å². The van der Waals surface area contributed by atoms with Crippen molar-refractivity contribution in [3.05, 3.63) is 0 Å². The highest BCUT2D eigenvalue weighted by Gasteiger charge is 2.39. The maximum Gasteiger partial charge on any atom is 0.229 e. The van der Waals surface area contributed by atoms with Crippen molar-refractivity contribution < 1.29 is 9.59 Å². The molecule has 0 spiro atoms. The smallest absolute Gasteiger partial charge is 0.229 e. The molecule has 2 atom stereocenters. The lowest BCUT2D eigenvalue weighted by Gasteiger charge is -2.38. The van der Waals surface area contributed by atoms with Gasteiger partial charge >= 0.3 is 0 Å². The first-order chi connectivity index (χ1) is 6.18. The van der Waals surface area contributed by atoms with Crippen LogP contribution in [0.5, 0.6) is 0 Å². The van der Waals surface area contributed by atoms with Crippen LogP contribution in [0.1, 0.15) is 32.6 Å². The predicted molar refractivity (Wildman–Crippen MR) is 47.8 cm³/mol. The van der Waals surface area contributed by atoms with Gasteiger partial charge in [0.25, 0.3) is 0 Å². The van der Waals surface area contributed by atoms with Gasteiger partial charge in [-0.3, -0.25) is 14.9 Å². The summed E-state index contributed by atoms with van der Waals surface area (Å²) in [6.45, 7) is 1.94. The first-order valence-corrected chi connectivity index (χ1v) is 5.02. The molecule has 2 fully saturated rings. The molecule has 72 valence electrons. The number of nitrogens with one attached hydrogen (secondary N) is 1. The Morgan fingerprint density at radius 2 is 2.00 bits per heavy atom. The van der Waals surface area contributed by atoms with Crippen molar-refractivity contribution in [2.75, 3.05) is 0 Å². The SMILES string of the molecule is CC1C(=O)NC(=O)CC1C1CCC1. The standard InChI is InChI=1S/C10H15NO2/c1-6-8(7-3-2-4-7)5-9(12)11-10(6)13/h6-8H,2-5H2,1H3,(H,11,12,13). The zero-order chi connectivity index (χ0) is 9.42. The number of hydrogen-bond donors (Lipinski definition) is 1. The predicted octanol–water partition coefficient (Wildman–Crippen LogP) is 1.09. The Hall–Kier alpha value is -0.860. The topological polar surface area (TPSA) is 46.2 Å². The number of amides is 2. The van der Waals surface area contributed by atoms with Crippen molar-refractivity contribution in [3.63, 3.8) is 0 Å². The van der Waals surface area contributed by atoms with Gasteiger partial charge in [0.05, 0.1) is 0 Å². The highest BCUT2D eigenvalue weighted by Crippen LogP contribution is 2.40. The van der Waals surface area contributed by atoms with E-state index in [4.69, 9.17) is 0 Å². The Morgan fingerprint density at radius 1 is 1.31 bits per heavy atom. The minimum absolute atomic E-state index is 0.0306. The maximum absolute atomic E-state index is 11.3. The summed E-state index contributed by atoms with van der Waals surface area (Å²) >= 11 is 0. The third-order valence-electron chi connectivity index (χ3n) is 3.49. The zero-order valence-corrected chi connectivity index (χ0v) is 7.88. The third kappa shape index (κ3) is 1.47. The maximum atomic E-state index is 11.3. The number of piperidine rings is 1. The molecule has 0 aromatic rings. The third-order valence-corrected chi connectivity index (χ3v) is 3.49. The van der Waals surface area contributed by atoms with Gasteiger partial charge in [-0.2, -0.15) is 0 Å². The van der Waals surface area contributed by atoms with Crippen molar-refractivity contribution in [1.29, 1.82) is 0 Å². The highest BCUT2D eigenvalue weighted by molar-refractivity contribution is 5.98. The van der Waals surface area contributed by atoms with Crippen molar-refractivity contribution in [2.45, 2.75) is 32.6 Å². The second-order valence-corrected chi connectivity index (χ2v) is 4.26. The van der Waals surface area contributed by atoms with Gasteiger partial charge in [-0.1, -0.05) is 26.2 Å². The number of hydrogen-bond acceptors (Lipinski definition) is 2. The van der Waals surface area contributed by atoms with Gasteiger partial charge in [-0.05, 0) is 11.8 Å². The summed E-state index contributed by atoms with van der Waals surface area (Å²) in [5.41, 5.74) is 0. The van der Waals surface area contributed by atoms with Crippen LogP contribution in [-0.2, 0) is 9.59 Å². The molecule has 0 radical (unpaired) electrons. The van der Waals surface area contributed by atoms with E-state index in [1.165, 1.54) is 19.3 Å². The molecule has 2 rings (SSSR count). The molecule has 3 nitrogen and oxygen atoms in total. The van der Waals surface area contributed by atoms with E-state index in [1.54, 1.807) is 0 Å². The molecule has 0 aromatic heterocycles. The largest absolute Gasteiger partial charge is 0.296 e. The molecule has 3 heteroatoms. The molecule has 0 bridgehead atoms. The van der Waals surface area contributed by atoms with Crippen LogP contribution in [0.3, 0.4) is 0 Å². The minimum Gasteiger partial charge on any atom is -0.296 e. The summed E-state index contributed by atoms with van der Waals surface area (Å²) in [7, 11) is 0. The lowest BCUT2D eigenvalue weighted by atomic mass is 9.68. The Morgan fingerprint density at radius 3 is 2.54 bits per heavy atom.